The zero-order valence-corrected chi connectivity index (χ0v) is 17.0. The van der Waals surface area contributed by atoms with Crippen molar-refractivity contribution in [1.82, 2.24) is 0 Å². The number of carbonyl (C=O) groups is 1. The van der Waals surface area contributed by atoms with Crippen molar-refractivity contribution in [3.05, 3.63) is 24.3 Å². The number of amides is 1. The van der Waals surface area contributed by atoms with E-state index in [2.05, 4.69) is 0 Å². The van der Waals surface area contributed by atoms with Crippen molar-refractivity contribution in [3.63, 3.8) is 0 Å². The maximum Gasteiger partial charge on any atom is 0.393 e. The second kappa shape index (κ2) is 9.35. The van der Waals surface area contributed by atoms with E-state index in [-0.39, 0.29) is 12.4 Å². The van der Waals surface area contributed by atoms with Gasteiger partial charge in [0.25, 0.3) is 0 Å². The molecule has 1 aromatic carbocycles. The Morgan fingerprint density at radius 3 is 1.50 bits per heavy atom. The number of hydrogen-bond donors (Lipinski definition) is 1. The van der Waals surface area contributed by atoms with Crippen LogP contribution in [0.3, 0.4) is 0 Å². The Hall–Kier alpha value is -2.63. The van der Waals surface area contributed by atoms with Crippen molar-refractivity contribution in [2.24, 2.45) is 0 Å². The molecule has 0 atom stereocenters. The van der Waals surface area contributed by atoms with E-state index in [1.54, 1.807) is 0 Å². The van der Waals surface area contributed by atoms with Gasteiger partial charge in [0.2, 0.25) is 0 Å². The zero-order chi connectivity index (χ0) is 28.8. The number of halogens is 16. The molecule has 0 heterocycles. The molecule has 208 valence electrons. The van der Waals surface area contributed by atoms with Gasteiger partial charge in [-0.15, -0.1) is 0 Å². The van der Waals surface area contributed by atoms with Crippen LogP contribution in [0.2, 0.25) is 0 Å². The Bertz CT molecular complexity index is 929. The normalized spacial score (nSPS) is 14.7. The van der Waals surface area contributed by atoms with Gasteiger partial charge in [0, 0.05) is 5.69 Å². The molecule has 0 fully saturated rings. The van der Waals surface area contributed by atoms with Crippen LogP contribution >= 0.6 is 0 Å². The topological polar surface area (TPSA) is 38.3 Å². The van der Waals surface area contributed by atoms with Gasteiger partial charge in [-0.1, -0.05) is 0 Å². The fraction of sp³-hybridized carbons (Fsp3) is 0.588. The first kappa shape index (κ1) is 31.4. The number of rotatable bonds is 11. The highest BCUT2D eigenvalue weighted by molar-refractivity contribution is 5.97. The van der Waals surface area contributed by atoms with Crippen LogP contribution in [0.4, 0.5) is 75.9 Å². The number of benzene rings is 1. The van der Waals surface area contributed by atoms with Gasteiger partial charge in [-0.3, -0.25) is 4.79 Å². The van der Waals surface area contributed by atoms with Crippen molar-refractivity contribution in [2.75, 3.05) is 11.9 Å². The Labute approximate surface area is 189 Å². The van der Waals surface area contributed by atoms with E-state index in [4.69, 9.17) is 4.74 Å². The van der Waals surface area contributed by atoms with Crippen LogP contribution in [0, 0.1) is 0 Å². The maximum atomic E-state index is 13.9. The van der Waals surface area contributed by atoms with Gasteiger partial charge in [0.15, 0.2) is 0 Å². The molecule has 0 aliphatic carbocycles. The predicted octanol–water partition coefficient (Wildman–Crippen LogP) is 6.74. The first-order chi connectivity index (χ1) is 15.9. The van der Waals surface area contributed by atoms with Crippen LogP contribution in [-0.2, 0) is 4.79 Å². The van der Waals surface area contributed by atoms with Crippen molar-refractivity contribution in [3.8, 4) is 5.75 Å². The van der Waals surface area contributed by atoms with Crippen LogP contribution in [0.25, 0.3) is 0 Å². The highest BCUT2D eigenvalue weighted by atomic mass is 19.4. The van der Waals surface area contributed by atoms with Gasteiger partial charge in [-0.05, 0) is 31.2 Å². The molecule has 1 aromatic rings. The SMILES string of the molecule is CCOc1ccc(NC(=O)C(F)(F)C(F)(F)C(F)(F)C(F)(F)C(F)(F)C(F)(F)C(F)(F)C(F)F)cc1. The lowest BCUT2D eigenvalue weighted by molar-refractivity contribution is -0.443. The molecule has 0 spiro atoms. The Morgan fingerprint density at radius 1 is 0.722 bits per heavy atom. The van der Waals surface area contributed by atoms with E-state index < -0.39 is 59.5 Å². The van der Waals surface area contributed by atoms with Crippen LogP contribution in [0.1, 0.15) is 6.92 Å². The zero-order valence-electron chi connectivity index (χ0n) is 17.0. The van der Waals surface area contributed by atoms with Crippen LogP contribution in [-0.4, -0.2) is 60.4 Å². The van der Waals surface area contributed by atoms with Gasteiger partial charge in [0.1, 0.15) is 5.75 Å². The fourth-order valence-corrected chi connectivity index (χ4v) is 2.29. The highest BCUT2D eigenvalue weighted by Crippen LogP contribution is 2.62. The van der Waals surface area contributed by atoms with Gasteiger partial charge in [0.05, 0.1) is 6.61 Å². The fourth-order valence-electron chi connectivity index (χ4n) is 2.29. The third kappa shape index (κ3) is 4.48. The number of ether oxygens (including phenoxy) is 1. The molecule has 0 saturated heterocycles. The number of hydrogen-bond acceptors (Lipinski definition) is 2. The molecular formula is C17H11F16NO2. The average molecular weight is 565 g/mol. The summed E-state index contributed by atoms with van der Waals surface area (Å²) in [6, 6.07) is 3.05. The number of anilines is 1. The lowest BCUT2D eigenvalue weighted by Crippen LogP contribution is -2.74. The van der Waals surface area contributed by atoms with Crippen molar-refractivity contribution < 1.29 is 79.8 Å². The molecule has 0 aliphatic rings. The molecule has 1 amide bonds. The largest absolute Gasteiger partial charge is 0.494 e. The second-order valence-corrected chi connectivity index (χ2v) is 6.78. The lowest BCUT2D eigenvalue weighted by Gasteiger charge is -2.42. The molecule has 1 rings (SSSR count). The first-order valence-corrected chi connectivity index (χ1v) is 8.85. The summed E-state index contributed by atoms with van der Waals surface area (Å²) in [5.74, 6) is -59.8. The summed E-state index contributed by atoms with van der Waals surface area (Å²) in [6.45, 7) is 1.52. The van der Waals surface area contributed by atoms with E-state index in [1.165, 1.54) is 6.92 Å². The van der Waals surface area contributed by atoms with E-state index >= 15 is 0 Å². The summed E-state index contributed by atoms with van der Waals surface area (Å²) in [6.07, 6.45) is -5.93. The molecule has 1 N–H and O–H groups in total. The summed E-state index contributed by atoms with van der Waals surface area (Å²) < 4.78 is 217. The molecule has 0 radical (unpaired) electrons. The van der Waals surface area contributed by atoms with E-state index in [1.807, 2.05) is 0 Å². The van der Waals surface area contributed by atoms with Gasteiger partial charge in [-0.2, -0.15) is 61.5 Å². The molecule has 0 unspecified atom stereocenters. The highest BCUT2D eigenvalue weighted by Gasteiger charge is 2.94. The summed E-state index contributed by atoms with van der Waals surface area (Å²) in [7, 11) is 0. The Morgan fingerprint density at radius 2 is 1.11 bits per heavy atom. The van der Waals surface area contributed by atoms with Crippen molar-refractivity contribution in [2.45, 2.75) is 54.8 Å². The molecule has 0 aromatic heterocycles. The third-order valence-corrected chi connectivity index (χ3v) is 4.37. The number of carbonyl (C=O) groups excluding carboxylic acids is 1. The van der Waals surface area contributed by atoms with Gasteiger partial charge >= 0.3 is 53.8 Å². The van der Waals surface area contributed by atoms with Crippen LogP contribution in [0.15, 0.2) is 24.3 Å². The molecule has 3 nitrogen and oxygen atoms in total. The number of alkyl halides is 16. The summed E-state index contributed by atoms with van der Waals surface area (Å²) in [5.41, 5.74) is -0.901. The summed E-state index contributed by atoms with van der Waals surface area (Å²) >= 11 is 0. The van der Waals surface area contributed by atoms with Gasteiger partial charge < -0.3 is 10.1 Å². The van der Waals surface area contributed by atoms with E-state index in [9.17, 15) is 75.0 Å². The molecule has 36 heavy (non-hydrogen) atoms. The van der Waals surface area contributed by atoms with Crippen molar-refractivity contribution >= 4 is 11.6 Å². The summed E-state index contributed by atoms with van der Waals surface area (Å²) in [4.78, 5) is 11.5. The molecular weight excluding hydrogens is 554 g/mol. The molecule has 0 saturated carbocycles. The van der Waals surface area contributed by atoms with Crippen LogP contribution < -0.4 is 10.1 Å². The minimum Gasteiger partial charge on any atom is -0.494 e. The average Bonchev–Trinajstić information content (AvgIpc) is 2.74. The van der Waals surface area contributed by atoms with Gasteiger partial charge in [-0.25, -0.2) is 8.78 Å². The van der Waals surface area contributed by atoms with Crippen molar-refractivity contribution in [1.29, 1.82) is 0 Å². The van der Waals surface area contributed by atoms with E-state index in [0.717, 1.165) is 17.4 Å². The number of nitrogens with one attached hydrogen (secondary N) is 1. The van der Waals surface area contributed by atoms with E-state index in [0.29, 0.717) is 12.1 Å². The molecule has 19 heteroatoms. The third-order valence-electron chi connectivity index (χ3n) is 4.37. The quantitative estimate of drug-likeness (QED) is 0.302. The standard InChI is InChI=1S/C17H11F16NO2/c1-2-36-8-5-3-7(4-6-8)34-10(35)12(22,23)14(26,27)16(30,31)17(32,33)15(28,29)13(24,25)11(20,21)9(18)19/h3-6,9H,2H2,1H3,(H,34,35). The lowest BCUT2D eigenvalue weighted by atomic mass is 9.89. The second-order valence-electron chi connectivity index (χ2n) is 6.78. The van der Waals surface area contributed by atoms with Crippen LogP contribution in [0.5, 0.6) is 5.75 Å². The molecule has 0 bridgehead atoms. The minimum atomic E-state index is -8.56. The first-order valence-electron chi connectivity index (χ1n) is 8.85. The molecule has 0 aliphatic heterocycles. The Kier molecular flexibility index (Phi) is 8.15. The maximum absolute atomic E-state index is 13.9. The minimum absolute atomic E-state index is 0.0116. The monoisotopic (exact) mass is 565 g/mol. The Balaban J connectivity index is 3.46. The summed E-state index contributed by atoms with van der Waals surface area (Å²) in [5, 5.41) is 0.832. The predicted molar refractivity (Wildman–Crippen MR) is 86.9 cm³/mol. The smallest absolute Gasteiger partial charge is 0.393 e.